The van der Waals surface area contributed by atoms with E-state index in [1.807, 2.05) is 0 Å². The molecule has 0 saturated heterocycles. The number of anilines is 1. The van der Waals surface area contributed by atoms with Crippen LogP contribution in [0.1, 0.15) is 5.56 Å². The number of halogens is 2. The quantitative estimate of drug-likeness (QED) is 0.727. The molecular formula is C14H11ClFN3OS. The maximum absolute atomic E-state index is 13.4. The van der Waals surface area contributed by atoms with Gasteiger partial charge in [0.1, 0.15) is 5.82 Å². The molecule has 1 atom stereocenters. The minimum absolute atomic E-state index is 0.0451. The van der Waals surface area contributed by atoms with Gasteiger partial charge in [-0.15, -0.1) is 0 Å². The van der Waals surface area contributed by atoms with Gasteiger partial charge in [0.15, 0.2) is 5.16 Å². The van der Waals surface area contributed by atoms with Crippen LogP contribution in [0.3, 0.4) is 0 Å². The average Bonchev–Trinajstić information content (AvgIpc) is 2.86. The van der Waals surface area contributed by atoms with Gasteiger partial charge in [0, 0.05) is 5.69 Å². The number of H-pyrrole nitrogens is 1. The summed E-state index contributed by atoms with van der Waals surface area (Å²) in [6, 6.07) is 9.58. The molecule has 0 aliphatic carbocycles. The first-order valence-electron chi connectivity index (χ1n) is 6.10. The molecular weight excluding hydrogens is 313 g/mol. The number of nitrogens with two attached hydrogens (primary N) is 1. The highest BCUT2D eigenvalue weighted by atomic mass is 35.5. The average molecular weight is 324 g/mol. The molecule has 0 radical (unpaired) electrons. The molecule has 0 aliphatic heterocycles. The molecule has 108 valence electrons. The van der Waals surface area contributed by atoms with Gasteiger partial charge in [-0.3, -0.25) is 4.21 Å². The molecule has 1 aromatic heterocycles. The Morgan fingerprint density at radius 3 is 2.86 bits per heavy atom. The number of benzene rings is 2. The van der Waals surface area contributed by atoms with Crippen LogP contribution in [0.4, 0.5) is 10.1 Å². The Hall–Kier alpha value is -1.92. The Morgan fingerprint density at radius 1 is 1.29 bits per heavy atom. The minimum atomic E-state index is -1.41. The van der Waals surface area contributed by atoms with E-state index >= 15 is 0 Å². The summed E-state index contributed by atoms with van der Waals surface area (Å²) in [5.41, 5.74) is 8.29. The number of hydrogen-bond acceptors (Lipinski definition) is 3. The Bertz CT molecular complexity index is 849. The van der Waals surface area contributed by atoms with E-state index in [0.717, 1.165) is 5.52 Å². The van der Waals surface area contributed by atoms with Crippen molar-refractivity contribution in [2.45, 2.75) is 10.9 Å². The van der Waals surface area contributed by atoms with Gasteiger partial charge in [0.2, 0.25) is 0 Å². The van der Waals surface area contributed by atoms with Gasteiger partial charge in [-0.2, -0.15) is 0 Å². The van der Waals surface area contributed by atoms with Gasteiger partial charge in [-0.05, 0) is 35.9 Å². The molecule has 0 amide bonds. The lowest BCUT2D eigenvalue weighted by Crippen LogP contribution is -1.99. The van der Waals surface area contributed by atoms with Crippen LogP contribution in [0.5, 0.6) is 0 Å². The second kappa shape index (κ2) is 5.46. The van der Waals surface area contributed by atoms with E-state index in [1.54, 1.807) is 24.3 Å². The van der Waals surface area contributed by atoms with Crippen LogP contribution in [0.15, 0.2) is 41.6 Å². The molecule has 21 heavy (non-hydrogen) atoms. The van der Waals surface area contributed by atoms with Crippen LogP contribution in [-0.4, -0.2) is 14.2 Å². The molecule has 2 aromatic carbocycles. The number of nitrogens with zero attached hydrogens (tertiary/aromatic N) is 1. The van der Waals surface area contributed by atoms with Gasteiger partial charge >= 0.3 is 0 Å². The molecule has 0 aliphatic rings. The van der Waals surface area contributed by atoms with Gasteiger partial charge in [-0.25, -0.2) is 9.37 Å². The van der Waals surface area contributed by atoms with Crippen LogP contribution < -0.4 is 5.73 Å². The third kappa shape index (κ3) is 2.91. The van der Waals surface area contributed by atoms with Crippen molar-refractivity contribution in [2.75, 3.05) is 5.73 Å². The number of rotatable bonds is 3. The van der Waals surface area contributed by atoms with E-state index in [2.05, 4.69) is 9.97 Å². The number of hydrogen-bond donors (Lipinski definition) is 2. The summed E-state index contributed by atoms with van der Waals surface area (Å²) < 4.78 is 25.7. The highest BCUT2D eigenvalue weighted by molar-refractivity contribution is 7.84. The fraction of sp³-hybridized carbons (Fsp3) is 0.0714. The second-order valence-electron chi connectivity index (χ2n) is 4.56. The molecule has 0 fully saturated rings. The first-order chi connectivity index (χ1) is 10.0. The smallest absolute Gasteiger partial charge is 0.197 e. The van der Waals surface area contributed by atoms with Crippen molar-refractivity contribution in [3.8, 4) is 0 Å². The van der Waals surface area contributed by atoms with Gasteiger partial charge < -0.3 is 10.7 Å². The van der Waals surface area contributed by atoms with E-state index in [0.29, 0.717) is 21.9 Å². The van der Waals surface area contributed by atoms with Gasteiger partial charge in [0.25, 0.3) is 0 Å². The van der Waals surface area contributed by atoms with Gasteiger partial charge in [-0.1, -0.05) is 17.7 Å². The third-order valence-electron chi connectivity index (χ3n) is 2.98. The lowest BCUT2D eigenvalue weighted by atomic mass is 10.2. The molecule has 0 spiro atoms. The van der Waals surface area contributed by atoms with Crippen LogP contribution >= 0.6 is 11.6 Å². The SMILES string of the molecule is Nc1ccc2nc(S(=O)Cc3ccc(Cl)c(F)c3)[nH]c2c1. The number of aromatic amines is 1. The lowest BCUT2D eigenvalue weighted by Gasteiger charge is -2.01. The first kappa shape index (κ1) is 14.0. The molecule has 3 rings (SSSR count). The summed E-state index contributed by atoms with van der Waals surface area (Å²) in [7, 11) is -1.41. The summed E-state index contributed by atoms with van der Waals surface area (Å²) in [6.07, 6.45) is 0. The highest BCUT2D eigenvalue weighted by Gasteiger charge is 2.12. The predicted octanol–water partition coefficient (Wildman–Crippen LogP) is 3.25. The molecule has 4 nitrogen and oxygen atoms in total. The first-order valence-corrected chi connectivity index (χ1v) is 7.80. The number of fused-ring (bicyclic) bond motifs is 1. The Labute approximate surface area is 127 Å². The molecule has 3 aromatic rings. The zero-order valence-electron chi connectivity index (χ0n) is 10.8. The fourth-order valence-corrected chi connectivity index (χ4v) is 3.12. The van der Waals surface area contributed by atoms with E-state index in [9.17, 15) is 8.60 Å². The van der Waals surface area contributed by atoms with Crippen LogP contribution in [0.25, 0.3) is 11.0 Å². The third-order valence-corrected chi connectivity index (χ3v) is 4.51. The summed E-state index contributed by atoms with van der Waals surface area (Å²) in [5.74, 6) is -0.368. The normalized spacial score (nSPS) is 12.7. The maximum atomic E-state index is 13.4. The number of nitrogen functional groups attached to an aromatic ring is 1. The van der Waals surface area contributed by atoms with Crippen molar-refractivity contribution in [1.29, 1.82) is 0 Å². The van der Waals surface area contributed by atoms with E-state index in [4.69, 9.17) is 17.3 Å². The maximum Gasteiger partial charge on any atom is 0.197 e. The molecule has 3 N–H and O–H groups in total. The molecule has 0 bridgehead atoms. The largest absolute Gasteiger partial charge is 0.399 e. The zero-order chi connectivity index (χ0) is 15.0. The molecule has 0 saturated carbocycles. The van der Waals surface area contributed by atoms with Crippen molar-refractivity contribution in [1.82, 2.24) is 9.97 Å². The summed E-state index contributed by atoms with van der Waals surface area (Å²) in [5, 5.41) is 0.384. The highest BCUT2D eigenvalue weighted by Crippen LogP contribution is 2.20. The minimum Gasteiger partial charge on any atom is -0.399 e. The van der Waals surface area contributed by atoms with Gasteiger partial charge in [0.05, 0.1) is 32.6 Å². The standard InChI is InChI=1S/C14H11ClFN3OS/c15-10-3-1-8(5-11(10)16)7-21(20)14-18-12-4-2-9(17)6-13(12)19-14/h1-6H,7,17H2,(H,18,19). The van der Waals surface area contributed by atoms with E-state index < -0.39 is 16.6 Å². The fourth-order valence-electron chi connectivity index (χ4n) is 1.96. The Morgan fingerprint density at radius 2 is 2.10 bits per heavy atom. The number of imidazole rings is 1. The summed E-state index contributed by atoms with van der Waals surface area (Å²) in [4.78, 5) is 7.23. The van der Waals surface area contributed by atoms with Crippen LogP contribution in [0, 0.1) is 5.82 Å². The Balaban J connectivity index is 1.87. The van der Waals surface area contributed by atoms with Crippen molar-refractivity contribution < 1.29 is 8.60 Å². The van der Waals surface area contributed by atoms with Crippen molar-refractivity contribution >= 4 is 39.1 Å². The lowest BCUT2D eigenvalue weighted by molar-refractivity contribution is 0.626. The van der Waals surface area contributed by atoms with Crippen molar-refractivity contribution in [3.63, 3.8) is 0 Å². The van der Waals surface area contributed by atoms with Crippen molar-refractivity contribution in [3.05, 3.63) is 52.8 Å². The number of aromatic nitrogens is 2. The summed E-state index contributed by atoms with van der Waals surface area (Å²) >= 11 is 5.62. The second-order valence-corrected chi connectivity index (χ2v) is 6.33. The summed E-state index contributed by atoms with van der Waals surface area (Å²) in [6.45, 7) is 0. The molecule has 1 heterocycles. The van der Waals surface area contributed by atoms with Crippen molar-refractivity contribution in [2.24, 2.45) is 0 Å². The molecule has 7 heteroatoms. The monoisotopic (exact) mass is 323 g/mol. The van der Waals surface area contributed by atoms with E-state index in [-0.39, 0.29) is 10.8 Å². The van der Waals surface area contributed by atoms with Crippen LogP contribution in [0.2, 0.25) is 5.02 Å². The topological polar surface area (TPSA) is 71.8 Å². The Kier molecular flexibility index (Phi) is 3.65. The van der Waals surface area contributed by atoms with E-state index in [1.165, 1.54) is 12.1 Å². The molecule has 1 unspecified atom stereocenters. The predicted molar refractivity (Wildman–Crippen MR) is 82.0 cm³/mol. The zero-order valence-corrected chi connectivity index (χ0v) is 12.3. The number of nitrogens with one attached hydrogen (secondary N) is 1. The van der Waals surface area contributed by atoms with Crippen LogP contribution in [-0.2, 0) is 16.6 Å².